The van der Waals surface area contributed by atoms with Crippen molar-refractivity contribution in [3.8, 4) is 5.75 Å². The molecule has 3 rings (SSSR count). The van der Waals surface area contributed by atoms with Gasteiger partial charge in [0, 0.05) is 31.1 Å². The number of hydrogen-bond acceptors (Lipinski definition) is 7. The molecule has 2 N–H and O–H groups in total. The number of nitrogens with zero attached hydrogens (tertiary/aromatic N) is 2. The van der Waals surface area contributed by atoms with Crippen LogP contribution in [-0.4, -0.2) is 71.2 Å². The van der Waals surface area contributed by atoms with Gasteiger partial charge in [0.15, 0.2) is 5.82 Å². The molecular formula is C31H39F4N3O7. The highest BCUT2D eigenvalue weighted by Crippen LogP contribution is 2.43. The Labute approximate surface area is 259 Å². The van der Waals surface area contributed by atoms with Crippen LogP contribution in [0.15, 0.2) is 36.4 Å². The summed E-state index contributed by atoms with van der Waals surface area (Å²) in [5, 5.41) is 12.8. The summed E-state index contributed by atoms with van der Waals surface area (Å²) >= 11 is 0. The van der Waals surface area contributed by atoms with Crippen molar-refractivity contribution in [1.82, 2.24) is 4.90 Å². The van der Waals surface area contributed by atoms with E-state index in [0.29, 0.717) is 0 Å². The van der Waals surface area contributed by atoms with Gasteiger partial charge in [-0.2, -0.15) is 13.2 Å². The van der Waals surface area contributed by atoms with Gasteiger partial charge in [-0.25, -0.2) is 14.0 Å². The summed E-state index contributed by atoms with van der Waals surface area (Å²) in [4.78, 5) is 39.3. The zero-order valence-electron chi connectivity index (χ0n) is 26.1. The maximum absolute atomic E-state index is 16.2. The lowest BCUT2D eigenvalue weighted by Crippen LogP contribution is -2.48. The van der Waals surface area contributed by atoms with Crippen LogP contribution in [0.3, 0.4) is 0 Å². The average molecular weight is 642 g/mol. The maximum atomic E-state index is 16.2. The first kappa shape index (κ1) is 35.3. The van der Waals surface area contributed by atoms with Crippen molar-refractivity contribution in [2.45, 2.75) is 84.4 Å². The molecule has 0 aromatic heterocycles. The highest BCUT2D eigenvalue weighted by molar-refractivity contribution is 5.92. The lowest BCUT2D eigenvalue weighted by Gasteiger charge is -2.32. The predicted octanol–water partition coefficient (Wildman–Crippen LogP) is 6.76. The molecule has 0 unspecified atom stereocenters. The quantitative estimate of drug-likeness (QED) is 0.216. The third-order valence-electron chi connectivity index (χ3n) is 6.39. The summed E-state index contributed by atoms with van der Waals surface area (Å²) in [5.41, 5.74) is -1.52. The second-order valence-corrected chi connectivity index (χ2v) is 12.6. The van der Waals surface area contributed by atoms with Crippen LogP contribution in [0.25, 0.3) is 0 Å². The molecule has 45 heavy (non-hydrogen) atoms. The third-order valence-corrected chi connectivity index (χ3v) is 6.39. The minimum Gasteiger partial charge on any atom is -0.487 e. The smallest absolute Gasteiger partial charge is 0.412 e. The second-order valence-electron chi connectivity index (χ2n) is 12.6. The second kappa shape index (κ2) is 13.8. The lowest BCUT2D eigenvalue weighted by molar-refractivity contribution is -0.152. The Kier molecular flexibility index (Phi) is 10.8. The van der Waals surface area contributed by atoms with Crippen LogP contribution in [0.2, 0.25) is 0 Å². The number of halogens is 4. The number of fused-ring (bicyclic) bond motifs is 1. The number of benzene rings is 2. The molecule has 2 aromatic carbocycles. The average Bonchev–Trinajstić information content (AvgIpc) is 3.26. The molecule has 1 heterocycles. The first-order valence-corrected chi connectivity index (χ1v) is 14.3. The number of carbonyl (C=O) groups excluding carboxylic acids is 2. The number of amides is 2. The van der Waals surface area contributed by atoms with Gasteiger partial charge in [0.1, 0.15) is 35.8 Å². The van der Waals surface area contributed by atoms with Crippen molar-refractivity contribution < 1.29 is 51.3 Å². The zero-order chi connectivity index (χ0) is 33.7. The molecule has 14 heteroatoms. The highest BCUT2D eigenvalue weighted by atomic mass is 19.4. The Bertz CT molecular complexity index is 1370. The van der Waals surface area contributed by atoms with Gasteiger partial charge < -0.3 is 29.5 Å². The molecule has 10 nitrogen and oxygen atoms in total. The number of carbonyl (C=O) groups is 3. The normalized spacial score (nSPS) is 14.9. The molecule has 0 fully saturated rings. The van der Waals surface area contributed by atoms with E-state index >= 15 is 4.39 Å². The molecule has 2 amide bonds. The van der Waals surface area contributed by atoms with Crippen LogP contribution in [0, 0.1) is 5.82 Å². The van der Waals surface area contributed by atoms with Gasteiger partial charge >= 0.3 is 24.3 Å². The van der Waals surface area contributed by atoms with Gasteiger partial charge in [-0.15, -0.1) is 0 Å². The van der Waals surface area contributed by atoms with Crippen LogP contribution in [0.1, 0.15) is 59.1 Å². The maximum Gasteiger partial charge on any atom is 0.412 e. The molecular weight excluding hydrogens is 602 g/mol. The first-order chi connectivity index (χ1) is 20.7. The summed E-state index contributed by atoms with van der Waals surface area (Å²) in [6, 6.07) is 9.01. The molecule has 0 saturated heterocycles. The van der Waals surface area contributed by atoms with Crippen molar-refractivity contribution >= 4 is 29.5 Å². The van der Waals surface area contributed by atoms with Gasteiger partial charge in [0.05, 0.1) is 18.2 Å². The van der Waals surface area contributed by atoms with E-state index in [1.807, 2.05) is 0 Å². The van der Waals surface area contributed by atoms with Gasteiger partial charge in [0.25, 0.3) is 0 Å². The fourth-order valence-electron chi connectivity index (χ4n) is 4.64. The molecule has 1 aliphatic rings. The van der Waals surface area contributed by atoms with Gasteiger partial charge in [0.2, 0.25) is 0 Å². The lowest BCUT2D eigenvalue weighted by atomic mass is 10.1. The summed E-state index contributed by atoms with van der Waals surface area (Å²) in [6.45, 7) is 7.87. The van der Waals surface area contributed by atoms with Crippen LogP contribution in [-0.2, 0) is 27.3 Å². The summed E-state index contributed by atoms with van der Waals surface area (Å²) < 4.78 is 72.0. The monoisotopic (exact) mass is 641 g/mol. The number of carboxylic acid groups (broad SMARTS) is 1. The number of ether oxygens (including phenoxy) is 3. The van der Waals surface area contributed by atoms with E-state index in [4.69, 9.17) is 14.2 Å². The number of nitrogens with one attached hydrogen (secondary N) is 1. The Morgan fingerprint density at radius 2 is 1.64 bits per heavy atom. The van der Waals surface area contributed by atoms with E-state index in [9.17, 15) is 32.7 Å². The Hall–Kier alpha value is -4.23. The number of esters is 1. The van der Waals surface area contributed by atoms with E-state index < -0.39 is 73.4 Å². The van der Waals surface area contributed by atoms with Gasteiger partial charge in [-0.3, -0.25) is 9.69 Å². The molecule has 0 saturated carbocycles. The molecule has 0 radical (unpaired) electrons. The van der Waals surface area contributed by atoms with Crippen molar-refractivity contribution in [2.75, 3.05) is 29.9 Å². The molecule has 1 aliphatic heterocycles. The van der Waals surface area contributed by atoms with E-state index in [0.717, 1.165) is 15.4 Å². The third kappa shape index (κ3) is 10.4. The zero-order valence-corrected chi connectivity index (χ0v) is 26.1. The molecule has 0 bridgehead atoms. The fraction of sp³-hybridized carbons (Fsp3) is 0.516. The Balaban J connectivity index is 1.99. The van der Waals surface area contributed by atoms with E-state index in [-0.39, 0.29) is 35.7 Å². The minimum atomic E-state index is -4.60. The molecule has 0 spiro atoms. The Morgan fingerprint density at radius 1 is 1.02 bits per heavy atom. The predicted molar refractivity (Wildman–Crippen MR) is 158 cm³/mol. The SMILES string of the molecule is CC(C)(C)OC(=O)CNc1c(OCc2ccccc2)cc2c(c1F)C[C@H](CN(CCC(F)(F)F)C(=O)OC(C)(C)C)N2C(=O)O. The molecule has 0 aliphatic carbocycles. The molecule has 248 valence electrons. The number of hydrogen-bond donors (Lipinski definition) is 2. The van der Waals surface area contributed by atoms with Crippen molar-refractivity contribution in [2.24, 2.45) is 0 Å². The van der Waals surface area contributed by atoms with E-state index in [1.165, 1.54) is 6.07 Å². The standard InChI is InChI=1S/C31H39F4N3O7/c1-29(2,3)44-24(39)16-36-26-23(43-18-19-10-8-7-9-11-19)15-22-21(25(26)32)14-20(38(22)27(40)41)17-37(13-12-31(33,34)35)28(42)45-30(4,5)6/h7-11,15,20,36H,12-14,16-18H2,1-6H3,(H,40,41)/t20-/m1/s1. The van der Waals surface area contributed by atoms with Gasteiger partial charge in [-0.1, -0.05) is 30.3 Å². The first-order valence-electron chi connectivity index (χ1n) is 14.3. The summed E-state index contributed by atoms with van der Waals surface area (Å²) in [5.74, 6) is -1.70. The Morgan fingerprint density at radius 3 is 2.20 bits per heavy atom. The largest absolute Gasteiger partial charge is 0.487 e. The number of alkyl halides is 3. The van der Waals surface area contributed by atoms with Crippen molar-refractivity contribution in [1.29, 1.82) is 0 Å². The molecule has 1 atom stereocenters. The van der Waals surface area contributed by atoms with Crippen LogP contribution in [0.4, 0.5) is 38.5 Å². The van der Waals surface area contributed by atoms with E-state index in [2.05, 4.69) is 5.32 Å². The van der Waals surface area contributed by atoms with Crippen molar-refractivity contribution in [3.05, 3.63) is 53.3 Å². The van der Waals surface area contributed by atoms with Crippen LogP contribution < -0.4 is 15.0 Å². The summed E-state index contributed by atoms with van der Waals surface area (Å²) in [7, 11) is 0. The number of anilines is 2. The van der Waals surface area contributed by atoms with Gasteiger partial charge in [-0.05, 0) is 47.1 Å². The molecule has 2 aromatic rings. The minimum absolute atomic E-state index is 0.0272. The number of rotatable bonds is 10. The highest BCUT2D eigenvalue weighted by Gasteiger charge is 2.41. The fourth-order valence-corrected chi connectivity index (χ4v) is 4.64. The van der Waals surface area contributed by atoms with Crippen LogP contribution >= 0.6 is 0 Å². The van der Waals surface area contributed by atoms with E-state index in [1.54, 1.807) is 71.9 Å². The van der Waals surface area contributed by atoms with Crippen molar-refractivity contribution in [3.63, 3.8) is 0 Å². The summed E-state index contributed by atoms with van der Waals surface area (Å²) in [6.07, 6.45) is -8.82. The topological polar surface area (TPSA) is 118 Å². The van der Waals surface area contributed by atoms with Crippen LogP contribution in [0.5, 0.6) is 5.75 Å².